The van der Waals surface area contributed by atoms with Crippen LogP contribution >= 0.6 is 0 Å². The van der Waals surface area contributed by atoms with E-state index in [1.807, 2.05) is 6.07 Å². The second-order valence-electron chi connectivity index (χ2n) is 11.3. The summed E-state index contributed by atoms with van der Waals surface area (Å²) >= 11 is 0. The number of ether oxygens (including phenoxy) is 1. The van der Waals surface area contributed by atoms with Gasteiger partial charge >= 0.3 is 0 Å². The van der Waals surface area contributed by atoms with E-state index in [9.17, 15) is 18.1 Å². The number of benzene rings is 1. The van der Waals surface area contributed by atoms with Crippen LogP contribution in [0.2, 0.25) is 25.7 Å². The van der Waals surface area contributed by atoms with Crippen LogP contribution in [0.1, 0.15) is 11.4 Å². The highest BCUT2D eigenvalue weighted by molar-refractivity contribution is 7.92. The van der Waals surface area contributed by atoms with Crippen molar-refractivity contribution in [3.8, 4) is 28.7 Å². The first-order chi connectivity index (χ1) is 20.8. The van der Waals surface area contributed by atoms with Crippen molar-refractivity contribution in [2.24, 2.45) is 0 Å². The van der Waals surface area contributed by atoms with Gasteiger partial charge in [-0.15, -0.1) is 0 Å². The molecule has 44 heavy (non-hydrogen) atoms. The molecule has 0 radical (unpaired) electrons. The summed E-state index contributed by atoms with van der Waals surface area (Å²) in [4.78, 5) is 12.0. The van der Waals surface area contributed by atoms with Crippen molar-refractivity contribution in [3.05, 3.63) is 84.1 Å². The maximum atomic E-state index is 15.7. The maximum absolute atomic E-state index is 15.7. The minimum atomic E-state index is -4.45. The second-order valence-corrected chi connectivity index (χ2v) is 18.6. The minimum Gasteiger partial charge on any atom is -0.361 e. The lowest BCUT2D eigenvalue weighted by atomic mass is 10.0. The number of sulfonamides is 1. The number of nitrogens with zero attached hydrogens (tertiary/aromatic N) is 6. The molecule has 0 spiro atoms. The standard InChI is InChI=1S/C29H28F3N7O3SSi/c1-18-25(11-20(30)13-34-18)43(40,41)37-23-7-6-22(31)26(27(23)32)19-5-8-24-28(35-16-38(24)14-19)29-36-21(12-33)15-39(29)17-42-9-10-44(2,3)4/h5-8,11,13-16,37H,9-10,17H2,1-4H3. The molecule has 0 amide bonds. The Morgan fingerprint density at radius 1 is 1.09 bits per heavy atom. The van der Waals surface area contributed by atoms with E-state index >= 15 is 8.78 Å². The van der Waals surface area contributed by atoms with Gasteiger partial charge in [0, 0.05) is 32.6 Å². The fourth-order valence-corrected chi connectivity index (χ4v) is 6.50. The van der Waals surface area contributed by atoms with E-state index in [-0.39, 0.29) is 23.7 Å². The number of nitrogens with one attached hydrogen (secondary N) is 1. The molecule has 0 fully saturated rings. The Bertz CT molecular complexity index is 2030. The summed E-state index contributed by atoms with van der Waals surface area (Å²) in [5.74, 6) is -2.59. The van der Waals surface area contributed by atoms with E-state index in [1.54, 1.807) is 21.2 Å². The number of pyridine rings is 2. The van der Waals surface area contributed by atoms with Crippen molar-refractivity contribution in [2.75, 3.05) is 11.3 Å². The third kappa shape index (κ3) is 6.37. The van der Waals surface area contributed by atoms with Crippen molar-refractivity contribution in [1.29, 1.82) is 5.26 Å². The molecule has 15 heteroatoms. The lowest BCUT2D eigenvalue weighted by Crippen LogP contribution is -2.22. The lowest BCUT2D eigenvalue weighted by molar-refractivity contribution is 0.0882. The predicted octanol–water partition coefficient (Wildman–Crippen LogP) is 5.97. The zero-order valence-corrected chi connectivity index (χ0v) is 26.1. The van der Waals surface area contributed by atoms with Crippen LogP contribution in [0.5, 0.6) is 0 Å². The van der Waals surface area contributed by atoms with Crippen LogP contribution in [-0.2, 0) is 21.5 Å². The molecule has 228 valence electrons. The highest BCUT2D eigenvalue weighted by Crippen LogP contribution is 2.33. The van der Waals surface area contributed by atoms with Crippen molar-refractivity contribution in [1.82, 2.24) is 23.9 Å². The van der Waals surface area contributed by atoms with Gasteiger partial charge in [-0.3, -0.25) is 9.71 Å². The van der Waals surface area contributed by atoms with Crippen LogP contribution in [-0.4, -0.2) is 47.0 Å². The summed E-state index contributed by atoms with van der Waals surface area (Å²) in [5, 5.41) is 9.44. The topological polar surface area (TPSA) is 127 Å². The van der Waals surface area contributed by atoms with Gasteiger partial charge in [-0.1, -0.05) is 25.7 Å². The molecule has 0 atom stereocenters. The smallest absolute Gasteiger partial charge is 0.263 e. The summed E-state index contributed by atoms with van der Waals surface area (Å²) in [6, 6.07) is 8.68. The van der Waals surface area contributed by atoms with Gasteiger partial charge in [-0.05, 0) is 37.2 Å². The molecule has 0 unspecified atom stereocenters. The number of fused-ring (bicyclic) bond motifs is 1. The summed E-state index contributed by atoms with van der Waals surface area (Å²) in [6.45, 7) is 8.83. The van der Waals surface area contributed by atoms with E-state index in [1.165, 1.54) is 25.5 Å². The molecular weight excluding hydrogens is 612 g/mol. The monoisotopic (exact) mass is 639 g/mol. The Labute approximate surface area is 252 Å². The van der Waals surface area contributed by atoms with E-state index in [0.717, 1.165) is 30.4 Å². The van der Waals surface area contributed by atoms with Gasteiger partial charge in [0.05, 0.1) is 28.7 Å². The van der Waals surface area contributed by atoms with Crippen LogP contribution in [0.3, 0.4) is 0 Å². The Morgan fingerprint density at radius 2 is 1.86 bits per heavy atom. The van der Waals surface area contributed by atoms with E-state index in [4.69, 9.17) is 4.74 Å². The first-order valence-electron chi connectivity index (χ1n) is 13.4. The molecule has 0 aliphatic heterocycles. The van der Waals surface area contributed by atoms with Crippen molar-refractivity contribution in [2.45, 2.75) is 44.2 Å². The summed E-state index contributed by atoms with van der Waals surface area (Å²) in [6.07, 6.45) is 5.31. The average molecular weight is 640 g/mol. The lowest BCUT2D eigenvalue weighted by Gasteiger charge is -2.16. The highest BCUT2D eigenvalue weighted by Gasteiger charge is 2.24. The zero-order chi connectivity index (χ0) is 31.8. The van der Waals surface area contributed by atoms with Crippen LogP contribution in [0.4, 0.5) is 18.9 Å². The van der Waals surface area contributed by atoms with Crippen molar-refractivity contribution in [3.63, 3.8) is 0 Å². The van der Waals surface area contributed by atoms with Crippen LogP contribution < -0.4 is 4.72 Å². The maximum Gasteiger partial charge on any atom is 0.263 e. The highest BCUT2D eigenvalue weighted by atomic mass is 32.2. The molecule has 0 aliphatic rings. The zero-order valence-electron chi connectivity index (χ0n) is 24.3. The molecular formula is C29H28F3N7O3SSi. The molecule has 1 aromatic carbocycles. The number of halogens is 3. The fourth-order valence-electron chi connectivity index (χ4n) is 4.48. The summed E-state index contributed by atoms with van der Waals surface area (Å²) < 4.78 is 81.4. The number of anilines is 1. The van der Waals surface area contributed by atoms with Gasteiger partial charge in [-0.2, -0.15) is 5.26 Å². The Balaban J connectivity index is 1.47. The Kier molecular flexibility index (Phi) is 8.34. The first-order valence-corrected chi connectivity index (χ1v) is 18.6. The van der Waals surface area contributed by atoms with Gasteiger partial charge in [0.2, 0.25) is 0 Å². The van der Waals surface area contributed by atoms with Gasteiger partial charge in [-0.25, -0.2) is 31.6 Å². The number of rotatable bonds is 10. The van der Waals surface area contributed by atoms with Gasteiger partial charge in [0.1, 0.15) is 41.4 Å². The number of nitriles is 1. The molecule has 0 bridgehead atoms. The largest absolute Gasteiger partial charge is 0.361 e. The number of aromatic nitrogens is 5. The molecule has 1 N–H and O–H groups in total. The fraction of sp³-hybridized carbons (Fsp3) is 0.241. The first kappa shape index (κ1) is 30.9. The van der Waals surface area contributed by atoms with Gasteiger partial charge in [0.25, 0.3) is 10.0 Å². The quantitative estimate of drug-likeness (QED) is 0.147. The number of hydrogen-bond acceptors (Lipinski definition) is 7. The number of aryl methyl sites for hydroxylation is 1. The summed E-state index contributed by atoms with van der Waals surface area (Å²) in [5.41, 5.74) is 0.226. The van der Waals surface area contributed by atoms with Crippen molar-refractivity contribution >= 4 is 29.3 Å². The molecule has 0 saturated heterocycles. The van der Waals surface area contributed by atoms with E-state index < -0.39 is 51.7 Å². The van der Waals surface area contributed by atoms with Crippen LogP contribution in [0.25, 0.3) is 28.2 Å². The SMILES string of the molecule is Cc1ncc(F)cc1S(=O)(=O)Nc1ccc(F)c(-c2ccc3c(-c4nc(C#N)cn4COCC[Si](C)(C)C)ncn3c2)c1F. The normalized spacial score (nSPS) is 12.0. The Morgan fingerprint density at radius 3 is 2.59 bits per heavy atom. The van der Waals surface area contributed by atoms with Crippen molar-refractivity contribution < 1.29 is 26.3 Å². The van der Waals surface area contributed by atoms with Gasteiger partial charge < -0.3 is 13.7 Å². The van der Waals surface area contributed by atoms with Gasteiger partial charge in [0.15, 0.2) is 17.3 Å². The van der Waals surface area contributed by atoms with Crippen LogP contribution in [0, 0.1) is 35.7 Å². The van der Waals surface area contributed by atoms with E-state index in [2.05, 4.69) is 39.3 Å². The number of hydrogen-bond donors (Lipinski definition) is 1. The molecule has 0 aliphatic carbocycles. The molecule has 4 heterocycles. The molecule has 0 saturated carbocycles. The molecule has 4 aromatic heterocycles. The van der Waals surface area contributed by atoms with E-state index in [0.29, 0.717) is 23.6 Å². The molecule has 5 rings (SSSR count). The third-order valence-electron chi connectivity index (χ3n) is 6.78. The molecule has 5 aromatic rings. The molecule has 10 nitrogen and oxygen atoms in total. The second kappa shape index (κ2) is 11.9. The average Bonchev–Trinajstić information content (AvgIpc) is 3.57. The minimum absolute atomic E-state index is 0.00339. The van der Waals surface area contributed by atoms with Crippen LogP contribution in [0.15, 0.2) is 60.1 Å². The summed E-state index contributed by atoms with van der Waals surface area (Å²) in [7, 11) is -5.75. The number of imidazole rings is 2. The Hall–Kier alpha value is -4.52. The predicted molar refractivity (Wildman–Crippen MR) is 160 cm³/mol. The third-order valence-corrected chi connectivity index (χ3v) is 9.97.